The zero-order valence-corrected chi connectivity index (χ0v) is 27.3. The van der Waals surface area contributed by atoms with E-state index in [0.29, 0.717) is 17.1 Å². The monoisotopic (exact) mass is 651 g/mol. The summed E-state index contributed by atoms with van der Waals surface area (Å²) in [6, 6.07) is 51.2. The van der Waals surface area contributed by atoms with Crippen LogP contribution in [0.1, 0.15) is 29.1 Å². The molecule has 1 aromatic heterocycles. The summed E-state index contributed by atoms with van der Waals surface area (Å²) in [5, 5.41) is 3.27. The van der Waals surface area contributed by atoms with E-state index in [-0.39, 0.29) is 29.7 Å². The number of fused-ring (bicyclic) bond motifs is 12. The normalized spacial score (nSPS) is 16.5. The van der Waals surface area contributed by atoms with Gasteiger partial charge in [0.2, 0.25) is 0 Å². The summed E-state index contributed by atoms with van der Waals surface area (Å²) in [5.74, 6) is 0.584. The van der Waals surface area contributed by atoms with E-state index in [2.05, 4.69) is 103 Å². The van der Waals surface area contributed by atoms with Gasteiger partial charge in [-0.2, -0.15) is 0 Å². The molecule has 0 saturated heterocycles. The van der Waals surface area contributed by atoms with E-state index < -0.39 is 11.5 Å². The molecule has 0 N–H and O–H groups in total. The van der Waals surface area contributed by atoms with Gasteiger partial charge in [0.15, 0.2) is 5.82 Å². The molecule has 2 aliphatic carbocycles. The van der Waals surface area contributed by atoms with Gasteiger partial charge in [-0.05, 0) is 90.7 Å². The van der Waals surface area contributed by atoms with Crippen molar-refractivity contribution in [1.29, 1.82) is 0 Å². The highest BCUT2D eigenvalue weighted by Gasteiger charge is 2.52. The summed E-state index contributed by atoms with van der Waals surface area (Å²) in [7, 11) is 0. The minimum Gasteiger partial charge on any atom is -0.228 e. The fourth-order valence-electron chi connectivity index (χ4n) is 8.69. The molecule has 2 aliphatic rings. The molecule has 0 amide bonds. The molecular weight excluding hydrogens is 617 g/mol. The Kier molecular flexibility index (Phi) is 4.96. The number of para-hydroxylation sites is 1. The molecule has 0 aliphatic heterocycles. The van der Waals surface area contributed by atoms with E-state index in [4.69, 9.17) is 16.8 Å². The van der Waals surface area contributed by atoms with Crippen molar-refractivity contribution in [2.45, 2.75) is 5.41 Å². The van der Waals surface area contributed by atoms with Crippen LogP contribution in [-0.2, 0) is 5.41 Å². The van der Waals surface area contributed by atoms with E-state index in [9.17, 15) is 0 Å². The van der Waals surface area contributed by atoms with E-state index in [1.165, 1.54) is 44.2 Å². The largest absolute Gasteiger partial charge is 0.228 e. The second-order valence-electron chi connectivity index (χ2n) is 13.3. The number of hydrogen-bond acceptors (Lipinski definition) is 2. The average molecular weight is 652 g/mol. The maximum Gasteiger partial charge on any atom is 0.161 e. The van der Waals surface area contributed by atoms with Gasteiger partial charge in [-0.3, -0.25) is 0 Å². The Bertz CT molecular complexity index is 3140. The van der Waals surface area contributed by atoms with Crippen LogP contribution in [0.15, 0.2) is 182 Å². The van der Waals surface area contributed by atoms with Crippen LogP contribution in [0.2, 0.25) is 0 Å². The molecule has 1 atom stereocenters. The van der Waals surface area contributed by atoms with Crippen molar-refractivity contribution in [3.05, 3.63) is 204 Å². The molecule has 9 aromatic rings. The molecule has 11 rings (SSSR count). The lowest BCUT2D eigenvalue weighted by Crippen LogP contribution is -2.25. The van der Waals surface area contributed by atoms with Gasteiger partial charge in [-0.1, -0.05) is 158 Å². The smallest absolute Gasteiger partial charge is 0.161 e. The summed E-state index contributed by atoms with van der Waals surface area (Å²) in [6.45, 7) is 0. The lowest BCUT2D eigenvalue weighted by Gasteiger charge is -2.30. The Hall–Kier alpha value is -6.64. The topological polar surface area (TPSA) is 25.8 Å². The molecule has 51 heavy (non-hydrogen) atoms. The Labute approximate surface area is 303 Å². The molecule has 0 fully saturated rings. The summed E-state index contributed by atoms with van der Waals surface area (Å²) in [4.78, 5) is 10.6. The molecule has 0 saturated carbocycles. The SMILES string of the molecule is [2H]c1c([2H])c([2H])c(-c2cccc(-c3nc(-c4cccc5c4-c4ccccc4C54c5ccccc5-c5cc6ccccc6cc54)nc4ccccc34)c2)c([2H])c1[2H]. The third kappa shape index (κ3) is 3.93. The van der Waals surface area contributed by atoms with Crippen molar-refractivity contribution in [3.8, 4) is 56.0 Å². The van der Waals surface area contributed by atoms with Crippen molar-refractivity contribution in [1.82, 2.24) is 9.97 Å². The second kappa shape index (κ2) is 10.7. The van der Waals surface area contributed by atoms with Gasteiger partial charge in [0, 0.05) is 16.5 Å². The maximum atomic E-state index is 8.66. The Morgan fingerprint density at radius 2 is 1.08 bits per heavy atom. The molecule has 0 radical (unpaired) electrons. The Balaban J connectivity index is 1.17. The first-order chi connectivity index (χ1) is 27.4. The molecule has 2 nitrogen and oxygen atoms in total. The van der Waals surface area contributed by atoms with E-state index >= 15 is 0 Å². The minimum atomic E-state index is -0.546. The standard InChI is InChI=1S/C49H30N2/c1-2-14-31(15-3-1)32-18-12-19-35(28-32)47-38-22-8-11-27-45(38)50-48(51-47)39-23-13-26-43-46(39)37-21-7-10-25-42(37)49(43)41-24-9-6-20-36(41)40-29-33-16-4-5-17-34(33)30-44(40)49/h1-30H/i1D,2D,3D,14D,15D. The van der Waals surface area contributed by atoms with Crippen LogP contribution >= 0.6 is 0 Å². The van der Waals surface area contributed by atoms with Crippen molar-refractivity contribution in [2.75, 3.05) is 0 Å². The van der Waals surface area contributed by atoms with Crippen LogP contribution in [0.5, 0.6) is 0 Å². The van der Waals surface area contributed by atoms with E-state index in [1.54, 1.807) is 6.07 Å². The zero-order chi connectivity index (χ0) is 37.9. The zero-order valence-electron chi connectivity index (χ0n) is 32.3. The molecule has 2 heteroatoms. The third-order valence-electron chi connectivity index (χ3n) is 10.7. The van der Waals surface area contributed by atoms with Crippen LogP contribution in [-0.4, -0.2) is 9.97 Å². The number of nitrogens with zero attached hydrogens (tertiary/aromatic N) is 2. The van der Waals surface area contributed by atoms with Crippen LogP contribution in [0.25, 0.3) is 77.7 Å². The third-order valence-corrected chi connectivity index (χ3v) is 10.7. The van der Waals surface area contributed by atoms with E-state index in [0.717, 1.165) is 33.2 Å². The molecule has 8 aromatic carbocycles. The summed E-state index contributed by atoms with van der Waals surface area (Å²) in [6.07, 6.45) is 0. The fraction of sp³-hybridized carbons (Fsp3) is 0.0204. The van der Waals surface area contributed by atoms with Crippen molar-refractivity contribution < 1.29 is 6.85 Å². The number of aromatic nitrogens is 2. The van der Waals surface area contributed by atoms with Crippen LogP contribution in [0.3, 0.4) is 0 Å². The molecule has 236 valence electrons. The predicted molar refractivity (Wildman–Crippen MR) is 210 cm³/mol. The first-order valence-corrected chi connectivity index (χ1v) is 17.2. The molecule has 1 heterocycles. The van der Waals surface area contributed by atoms with Crippen LogP contribution in [0, 0.1) is 0 Å². The number of benzene rings is 8. The fourth-order valence-corrected chi connectivity index (χ4v) is 8.69. The molecule has 1 unspecified atom stereocenters. The number of hydrogen-bond donors (Lipinski definition) is 0. The molecule has 0 bridgehead atoms. The quantitative estimate of drug-likeness (QED) is 0.190. The summed E-state index contributed by atoms with van der Waals surface area (Å²) < 4.78 is 42.0. The highest BCUT2D eigenvalue weighted by atomic mass is 14.9. The van der Waals surface area contributed by atoms with Crippen LogP contribution < -0.4 is 0 Å². The Morgan fingerprint density at radius 1 is 0.431 bits per heavy atom. The lowest BCUT2D eigenvalue weighted by atomic mass is 9.70. The van der Waals surface area contributed by atoms with E-state index in [1.807, 2.05) is 42.5 Å². The highest BCUT2D eigenvalue weighted by molar-refractivity contribution is 6.03. The lowest BCUT2D eigenvalue weighted by molar-refractivity contribution is 0.795. The van der Waals surface area contributed by atoms with Crippen molar-refractivity contribution in [2.24, 2.45) is 0 Å². The molecule has 1 spiro atoms. The van der Waals surface area contributed by atoms with Gasteiger partial charge in [0.25, 0.3) is 0 Å². The second-order valence-corrected chi connectivity index (χ2v) is 13.3. The van der Waals surface area contributed by atoms with Crippen molar-refractivity contribution >= 4 is 21.7 Å². The van der Waals surface area contributed by atoms with Gasteiger partial charge in [0.1, 0.15) is 0 Å². The van der Waals surface area contributed by atoms with Crippen LogP contribution in [0.4, 0.5) is 0 Å². The minimum absolute atomic E-state index is 0.157. The molecular formula is C49H30N2. The van der Waals surface area contributed by atoms with Gasteiger partial charge in [-0.25, -0.2) is 9.97 Å². The van der Waals surface area contributed by atoms with Gasteiger partial charge in [0.05, 0.1) is 23.5 Å². The summed E-state index contributed by atoms with van der Waals surface area (Å²) in [5.41, 5.74) is 13.0. The van der Waals surface area contributed by atoms with Gasteiger partial charge < -0.3 is 0 Å². The van der Waals surface area contributed by atoms with Gasteiger partial charge >= 0.3 is 0 Å². The Morgan fingerprint density at radius 3 is 1.94 bits per heavy atom. The average Bonchev–Trinajstić information content (AvgIpc) is 3.71. The predicted octanol–water partition coefficient (Wildman–Crippen LogP) is 12.1. The first kappa shape index (κ1) is 23.7. The maximum absolute atomic E-state index is 8.66. The highest BCUT2D eigenvalue weighted by Crippen LogP contribution is 2.64. The van der Waals surface area contributed by atoms with Crippen molar-refractivity contribution in [3.63, 3.8) is 0 Å². The first-order valence-electron chi connectivity index (χ1n) is 19.7. The van der Waals surface area contributed by atoms with Gasteiger partial charge in [-0.15, -0.1) is 0 Å². The summed E-state index contributed by atoms with van der Waals surface area (Å²) >= 11 is 0. The number of rotatable bonds is 3.